The number of hydrogen-bond acceptors (Lipinski definition) is 3. The fraction of sp³-hybridized carbons (Fsp3) is 0.846. The highest BCUT2D eigenvalue weighted by atomic mass is 16.5. The molecule has 1 saturated heterocycles. The Morgan fingerprint density at radius 3 is 2.74 bits per heavy atom. The minimum Gasteiger partial charge on any atom is -0.481 e. The molecular formula is C13H22N2O4. The molecule has 6 heteroatoms. The predicted molar refractivity (Wildman–Crippen MR) is 68.9 cm³/mol. The zero-order valence-corrected chi connectivity index (χ0v) is 11.3. The summed E-state index contributed by atoms with van der Waals surface area (Å²) in [6.45, 7) is 3.20. The lowest BCUT2D eigenvalue weighted by molar-refractivity contribution is -0.137. The van der Waals surface area contributed by atoms with Crippen LogP contribution in [0.5, 0.6) is 0 Å². The van der Waals surface area contributed by atoms with Crippen molar-refractivity contribution in [2.24, 2.45) is 5.92 Å². The molecule has 6 nitrogen and oxygen atoms in total. The van der Waals surface area contributed by atoms with Crippen LogP contribution >= 0.6 is 0 Å². The first kappa shape index (κ1) is 14.1. The van der Waals surface area contributed by atoms with Crippen molar-refractivity contribution in [2.75, 3.05) is 13.2 Å². The van der Waals surface area contributed by atoms with Crippen LogP contribution in [0.3, 0.4) is 0 Å². The van der Waals surface area contributed by atoms with Crippen LogP contribution in [0.15, 0.2) is 0 Å². The topological polar surface area (TPSA) is 87.7 Å². The molecule has 3 N–H and O–H groups in total. The van der Waals surface area contributed by atoms with Gasteiger partial charge in [0.2, 0.25) is 0 Å². The minimum absolute atomic E-state index is 0.00863. The first-order valence-electron chi connectivity index (χ1n) is 6.87. The second kappa shape index (κ2) is 5.77. The zero-order chi connectivity index (χ0) is 13.9. The Morgan fingerprint density at radius 1 is 1.47 bits per heavy atom. The normalized spacial score (nSPS) is 28.5. The highest BCUT2D eigenvalue weighted by Crippen LogP contribution is 2.34. The van der Waals surface area contributed by atoms with E-state index in [0.29, 0.717) is 12.5 Å². The Labute approximate surface area is 112 Å². The van der Waals surface area contributed by atoms with Gasteiger partial charge in [0.25, 0.3) is 0 Å². The van der Waals surface area contributed by atoms with Crippen molar-refractivity contribution in [3.63, 3.8) is 0 Å². The lowest BCUT2D eigenvalue weighted by Gasteiger charge is -2.34. The molecule has 2 amide bonds. The Bertz CT molecular complexity index is 349. The number of carbonyl (C=O) groups excluding carboxylic acids is 1. The maximum absolute atomic E-state index is 12.0. The fourth-order valence-corrected chi connectivity index (χ4v) is 2.53. The quantitative estimate of drug-likeness (QED) is 0.698. The molecule has 0 aromatic heterocycles. The summed E-state index contributed by atoms with van der Waals surface area (Å²) in [5.74, 6) is -0.554. The Hall–Kier alpha value is -1.30. The molecule has 2 atom stereocenters. The second-order valence-electron chi connectivity index (χ2n) is 5.86. The van der Waals surface area contributed by atoms with Gasteiger partial charge in [-0.25, -0.2) is 4.79 Å². The Kier molecular flexibility index (Phi) is 4.29. The molecule has 1 saturated carbocycles. The molecule has 2 rings (SSSR count). The number of ether oxygens (including phenoxy) is 1. The lowest BCUT2D eigenvalue weighted by Crippen LogP contribution is -2.56. The SMILES string of the molecule is CC1(NC(=O)NC(CC(=O)O)C2CC2)CCCOC1. The molecule has 1 aliphatic heterocycles. The average molecular weight is 270 g/mol. The van der Waals surface area contributed by atoms with Crippen LogP contribution in [0.4, 0.5) is 4.79 Å². The maximum Gasteiger partial charge on any atom is 0.315 e. The highest BCUT2D eigenvalue weighted by Gasteiger charge is 2.35. The van der Waals surface area contributed by atoms with Gasteiger partial charge in [-0.1, -0.05) is 0 Å². The molecule has 0 radical (unpaired) electrons. The monoisotopic (exact) mass is 270 g/mol. The van der Waals surface area contributed by atoms with Crippen LogP contribution in [-0.2, 0) is 9.53 Å². The average Bonchev–Trinajstić information content (AvgIpc) is 3.11. The van der Waals surface area contributed by atoms with E-state index in [4.69, 9.17) is 9.84 Å². The first-order chi connectivity index (χ1) is 8.98. The molecule has 19 heavy (non-hydrogen) atoms. The third-order valence-electron chi connectivity index (χ3n) is 3.76. The standard InChI is InChI=1S/C13H22N2O4/c1-13(5-2-6-19-8-13)15-12(18)14-10(7-11(16)17)9-3-4-9/h9-10H,2-8H2,1H3,(H,16,17)(H2,14,15,18). The van der Waals surface area contributed by atoms with Crippen LogP contribution in [-0.4, -0.2) is 41.9 Å². The van der Waals surface area contributed by atoms with Crippen molar-refractivity contribution in [2.45, 2.75) is 50.6 Å². The molecule has 2 unspecified atom stereocenters. The molecule has 2 fully saturated rings. The van der Waals surface area contributed by atoms with E-state index in [1.54, 1.807) is 0 Å². The number of carboxylic acids is 1. The third kappa shape index (κ3) is 4.38. The van der Waals surface area contributed by atoms with Crippen LogP contribution in [0.2, 0.25) is 0 Å². The predicted octanol–water partition coefficient (Wildman–Crippen LogP) is 1.11. The molecule has 2 aliphatic rings. The molecule has 108 valence electrons. The van der Waals surface area contributed by atoms with Gasteiger partial charge in [0, 0.05) is 12.6 Å². The van der Waals surface area contributed by atoms with Crippen molar-refractivity contribution in [3.05, 3.63) is 0 Å². The first-order valence-corrected chi connectivity index (χ1v) is 6.87. The van der Waals surface area contributed by atoms with Gasteiger partial charge in [0.1, 0.15) is 0 Å². The molecule has 1 aliphatic carbocycles. The van der Waals surface area contributed by atoms with E-state index >= 15 is 0 Å². The number of amides is 2. The summed E-state index contributed by atoms with van der Waals surface area (Å²) in [7, 11) is 0. The molecule has 0 spiro atoms. The Balaban J connectivity index is 1.83. The molecule has 0 aromatic carbocycles. The zero-order valence-electron chi connectivity index (χ0n) is 11.3. The number of carboxylic acid groups (broad SMARTS) is 1. The van der Waals surface area contributed by atoms with Crippen molar-refractivity contribution < 1.29 is 19.4 Å². The Morgan fingerprint density at radius 2 is 2.21 bits per heavy atom. The number of hydrogen-bond donors (Lipinski definition) is 3. The van der Waals surface area contributed by atoms with Crippen molar-refractivity contribution in [3.8, 4) is 0 Å². The van der Waals surface area contributed by atoms with Crippen molar-refractivity contribution in [1.82, 2.24) is 10.6 Å². The number of aliphatic carboxylic acids is 1. The third-order valence-corrected chi connectivity index (χ3v) is 3.76. The fourth-order valence-electron chi connectivity index (χ4n) is 2.53. The number of rotatable bonds is 5. The number of urea groups is 1. The van der Waals surface area contributed by atoms with Crippen LogP contribution in [0.1, 0.15) is 39.0 Å². The lowest BCUT2D eigenvalue weighted by atomic mass is 9.95. The van der Waals surface area contributed by atoms with Gasteiger partial charge in [-0.15, -0.1) is 0 Å². The van der Waals surface area contributed by atoms with E-state index < -0.39 is 5.97 Å². The van der Waals surface area contributed by atoms with Gasteiger partial charge >= 0.3 is 12.0 Å². The number of nitrogens with one attached hydrogen (secondary N) is 2. The van der Waals surface area contributed by atoms with E-state index in [2.05, 4.69) is 10.6 Å². The molecule has 0 aromatic rings. The maximum atomic E-state index is 12.0. The van der Waals surface area contributed by atoms with Crippen LogP contribution in [0.25, 0.3) is 0 Å². The summed E-state index contributed by atoms with van der Waals surface area (Å²) in [5.41, 5.74) is -0.348. The number of carbonyl (C=O) groups is 2. The molecule has 0 bridgehead atoms. The summed E-state index contributed by atoms with van der Waals surface area (Å²) in [6.07, 6.45) is 3.80. The largest absolute Gasteiger partial charge is 0.481 e. The van der Waals surface area contributed by atoms with Gasteiger partial charge in [-0.2, -0.15) is 0 Å². The van der Waals surface area contributed by atoms with Crippen molar-refractivity contribution in [1.29, 1.82) is 0 Å². The smallest absolute Gasteiger partial charge is 0.315 e. The van der Waals surface area contributed by atoms with E-state index in [-0.39, 0.29) is 24.0 Å². The van der Waals surface area contributed by atoms with Crippen molar-refractivity contribution >= 4 is 12.0 Å². The van der Waals surface area contributed by atoms with E-state index in [1.165, 1.54) is 0 Å². The highest BCUT2D eigenvalue weighted by molar-refractivity contribution is 5.76. The van der Waals surface area contributed by atoms with Gasteiger partial charge in [-0.05, 0) is 38.5 Å². The van der Waals surface area contributed by atoms with Gasteiger partial charge in [0.15, 0.2) is 0 Å². The van der Waals surface area contributed by atoms with Gasteiger partial charge in [0.05, 0.1) is 18.6 Å². The van der Waals surface area contributed by atoms with Crippen LogP contribution in [0, 0.1) is 5.92 Å². The molecule has 1 heterocycles. The summed E-state index contributed by atoms with van der Waals surface area (Å²) in [5, 5.41) is 14.6. The minimum atomic E-state index is -0.871. The van der Waals surface area contributed by atoms with Gasteiger partial charge < -0.3 is 20.5 Å². The summed E-state index contributed by atoms with van der Waals surface area (Å²) < 4.78 is 5.38. The summed E-state index contributed by atoms with van der Waals surface area (Å²) in [4.78, 5) is 22.8. The van der Waals surface area contributed by atoms with E-state index in [0.717, 1.165) is 32.3 Å². The summed E-state index contributed by atoms with van der Waals surface area (Å²) >= 11 is 0. The van der Waals surface area contributed by atoms with E-state index in [9.17, 15) is 9.59 Å². The second-order valence-corrected chi connectivity index (χ2v) is 5.86. The summed E-state index contributed by atoms with van der Waals surface area (Å²) in [6, 6.07) is -0.545. The van der Waals surface area contributed by atoms with Crippen LogP contribution < -0.4 is 10.6 Å². The van der Waals surface area contributed by atoms with Gasteiger partial charge in [-0.3, -0.25) is 4.79 Å². The molecular weight excluding hydrogens is 248 g/mol. The van der Waals surface area contributed by atoms with E-state index in [1.807, 2.05) is 6.92 Å².